The fourth-order valence-electron chi connectivity index (χ4n) is 2.06. The highest BCUT2D eigenvalue weighted by Crippen LogP contribution is 2.13. The van der Waals surface area contributed by atoms with E-state index in [1.165, 1.54) is 6.07 Å². The van der Waals surface area contributed by atoms with Crippen molar-refractivity contribution in [2.24, 2.45) is 5.92 Å². The van der Waals surface area contributed by atoms with E-state index in [9.17, 15) is 9.18 Å². The summed E-state index contributed by atoms with van der Waals surface area (Å²) >= 11 is 3.42. The van der Waals surface area contributed by atoms with Crippen molar-refractivity contribution in [3.63, 3.8) is 0 Å². The molecule has 2 nitrogen and oxygen atoms in total. The Morgan fingerprint density at radius 1 is 1.42 bits per heavy atom. The second-order valence-corrected chi connectivity index (χ2v) is 5.62. The predicted octanol–water partition coefficient (Wildman–Crippen LogP) is 4.07. The first-order chi connectivity index (χ1) is 9.08. The van der Waals surface area contributed by atoms with E-state index >= 15 is 0 Å². The number of alkyl halides is 1. The van der Waals surface area contributed by atoms with Crippen LogP contribution < -0.4 is 5.32 Å². The van der Waals surface area contributed by atoms with E-state index in [0.29, 0.717) is 12.5 Å². The van der Waals surface area contributed by atoms with Gasteiger partial charge in [0.05, 0.1) is 5.56 Å². The Labute approximate surface area is 122 Å². The van der Waals surface area contributed by atoms with E-state index in [1.54, 1.807) is 12.1 Å². The summed E-state index contributed by atoms with van der Waals surface area (Å²) in [5.41, 5.74) is 1.02. The fourth-order valence-corrected chi connectivity index (χ4v) is 2.70. The Bertz CT molecular complexity index is 417. The minimum absolute atomic E-state index is 0.133. The van der Waals surface area contributed by atoms with Crippen LogP contribution in [0.1, 0.15) is 42.1 Å². The van der Waals surface area contributed by atoms with Gasteiger partial charge in [0.25, 0.3) is 5.91 Å². The van der Waals surface area contributed by atoms with Gasteiger partial charge in [-0.05, 0) is 37.8 Å². The van der Waals surface area contributed by atoms with E-state index < -0.39 is 5.82 Å². The lowest BCUT2D eigenvalue weighted by Crippen LogP contribution is -2.30. The highest BCUT2D eigenvalue weighted by atomic mass is 79.9. The maximum absolute atomic E-state index is 13.6. The Morgan fingerprint density at radius 2 is 2.16 bits per heavy atom. The van der Waals surface area contributed by atoms with Crippen LogP contribution in [0.15, 0.2) is 18.2 Å². The molecule has 0 aliphatic rings. The molecule has 0 aliphatic carbocycles. The van der Waals surface area contributed by atoms with Crippen LogP contribution in [0, 0.1) is 18.7 Å². The molecule has 1 aromatic rings. The highest BCUT2D eigenvalue weighted by molar-refractivity contribution is 9.09. The number of carbonyl (C=O) groups excluding carboxylic acids is 1. The van der Waals surface area contributed by atoms with Crippen molar-refractivity contribution in [2.75, 3.05) is 11.9 Å². The van der Waals surface area contributed by atoms with E-state index in [1.807, 2.05) is 6.92 Å². The van der Waals surface area contributed by atoms with Gasteiger partial charge < -0.3 is 5.32 Å². The van der Waals surface area contributed by atoms with Gasteiger partial charge in [0.2, 0.25) is 0 Å². The quantitative estimate of drug-likeness (QED) is 0.751. The number of benzene rings is 1. The summed E-state index contributed by atoms with van der Waals surface area (Å²) in [5.74, 6) is -0.339. The van der Waals surface area contributed by atoms with Gasteiger partial charge in [-0.25, -0.2) is 4.39 Å². The van der Waals surface area contributed by atoms with Crippen molar-refractivity contribution < 1.29 is 9.18 Å². The predicted molar refractivity (Wildman–Crippen MR) is 80.3 cm³/mol. The molecule has 0 saturated carbocycles. The van der Waals surface area contributed by atoms with Gasteiger partial charge in [-0.15, -0.1) is 0 Å². The molecular formula is C15H21BrFNO. The molecule has 1 rings (SSSR count). The Morgan fingerprint density at radius 3 is 2.79 bits per heavy atom. The van der Waals surface area contributed by atoms with Crippen LogP contribution in [0.25, 0.3) is 0 Å². The number of hydrogen-bond donors (Lipinski definition) is 1. The molecular weight excluding hydrogens is 309 g/mol. The summed E-state index contributed by atoms with van der Waals surface area (Å²) in [6.45, 7) is 4.58. The van der Waals surface area contributed by atoms with Crippen LogP contribution >= 0.6 is 15.9 Å². The van der Waals surface area contributed by atoms with Gasteiger partial charge >= 0.3 is 0 Å². The molecule has 4 heteroatoms. The number of nitrogens with one attached hydrogen (secondary N) is 1. The van der Waals surface area contributed by atoms with Gasteiger partial charge in [0, 0.05) is 11.9 Å². The maximum atomic E-state index is 13.6. The molecule has 0 aliphatic heterocycles. The van der Waals surface area contributed by atoms with E-state index in [0.717, 1.165) is 30.2 Å². The molecule has 0 spiro atoms. The zero-order chi connectivity index (χ0) is 14.3. The number of halogens is 2. The lowest BCUT2D eigenvalue weighted by Gasteiger charge is -2.16. The summed E-state index contributed by atoms with van der Waals surface area (Å²) < 4.78 is 13.6. The van der Waals surface area contributed by atoms with Crippen molar-refractivity contribution in [3.05, 3.63) is 35.1 Å². The van der Waals surface area contributed by atoms with Crippen LogP contribution in [0.4, 0.5) is 4.39 Å². The molecule has 1 atom stereocenters. The molecule has 1 N–H and O–H groups in total. The topological polar surface area (TPSA) is 29.1 Å². The van der Waals surface area contributed by atoms with Crippen molar-refractivity contribution in [2.45, 2.75) is 33.1 Å². The summed E-state index contributed by atoms with van der Waals surface area (Å²) in [6, 6.07) is 4.59. The van der Waals surface area contributed by atoms with Gasteiger partial charge in [-0.1, -0.05) is 40.9 Å². The van der Waals surface area contributed by atoms with Gasteiger partial charge in [0.15, 0.2) is 0 Å². The number of amides is 1. The maximum Gasteiger partial charge on any atom is 0.254 e. The Balaban J connectivity index is 2.61. The minimum Gasteiger partial charge on any atom is -0.352 e. The number of rotatable bonds is 7. The first-order valence-corrected chi connectivity index (χ1v) is 7.81. The van der Waals surface area contributed by atoms with Crippen LogP contribution in [0.3, 0.4) is 0 Å². The standard InChI is InChI=1S/C15H21BrFNO/c1-3-4-12(7-8-16)10-18-15(19)13-9-11(2)5-6-14(13)17/h5-6,9,12H,3-4,7-8,10H2,1-2H3,(H,18,19). The van der Waals surface area contributed by atoms with E-state index in [4.69, 9.17) is 0 Å². The first kappa shape index (κ1) is 16.2. The summed E-state index contributed by atoms with van der Waals surface area (Å²) in [6.07, 6.45) is 3.18. The van der Waals surface area contributed by atoms with E-state index in [-0.39, 0.29) is 11.5 Å². The third kappa shape index (κ3) is 5.31. The average molecular weight is 330 g/mol. The zero-order valence-corrected chi connectivity index (χ0v) is 13.1. The van der Waals surface area contributed by atoms with E-state index in [2.05, 4.69) is 28.2 Å². The molecule has 0 aromatic heterocycles. The van der Waals surface area contributed by atoms with Crippen LogP contribution in [0.2, 0.25) is 0 Å². The van der Waals surface area contributed by atoms with Crippen LogP contribution in [-0.4, -0.2) is 17.8 Å². The summed E-state index contributed by atoms with van der Waals surface area (Å²) in [5, 5.41) is 3.76. The molecule has 1 aromatic carbocycles. The first-order valence-electron chi connectivity index (χ1n) is 6.68. The Hall–Kier alpha value is -0.900. The summed E-state index contributed by atoms with van der Waals surface area (Å²) in [4.78, 5) is 12.0. The van der Waals surface area contributed by atoms with Crippen molar-refractivity contribution in [3.8, 4) is 0 Å². The SMILES string of the molecule is CCCC(CCBr)CNC(=O)c1cc(C)ccc1F. The molecule has 1 unspecified atom stereocenters. The third-order valence-electron chi connectivity index (χ3n) is 3.13. The lowest BCUT2D eigenvalue weighted by atomic mass is 10.0. The molecule has 0 bridgehead atoms. The molecule has 106 valence electrons. The largest absolute Gasteiger partial charge is 0.352 e. The number of hydrogen-bond acceptors (Lipinski definition) is 1. The third-order valence-corrected chi connectivity index (χ3v) is 3.59. The van der Waals surface area contributed by atoms with Crippen molar-refractivity contribution in [1.29, 1.82) is 0 Å². The molecule has 19 heavy (non-hydrogen) atoms. The number of aryl methyl sites for hydroxylation is 1. The van der Waals surface area contributed by atoms with Crippen LogP contribution in [0.5, 0.6) is 0 Å². The smallest absolute Gasteiger partial charge is 0.254 e. The molecule has 0 saturated heterocycles. The molecule has 0 radical (unpaired) electrons. The molecule has 0 heterocycles. The summed E-state index contributed by atoms with van der Waals surface area (Å²) in [7, 11) is 0. The second kappa shape index (κ2) is 8.31. The average Bonchev–Trinajstić information content (AvgIpc) is 2.39. The number of carbonyl (C=O) groups is 1. The fraction of sp³-hybridized carbons (Fsp3) is 0.533. The van der Waals surface area contributed by atoms with Crippen LogP contribution in [-0.2, 0) is 0 Å². The van der Waals surface area contributed by atoms with Crippen molar-refractivity contribution >= 4 is 21.8 Å². The second-order valence-electron chi connectivity index (χ2n) is 4.83. The Kier molecular flexibility index (Phi) is 7.06. The zero-order valence-electron chi connectivity index (χ0n) is 11.5. The van der Waals surface area contributed by atoms with Gasteiger partial charge in [-0.3, -0.25) is 4.79 Å². The molecule has 0 fully saturated rings. The minimum atomic E-state index is -0.462. The monoisotopic (exact) mass is 329 g/mol. The van der Waals surface area contributed by atoms with Crippen molar-refractivity contribution in [1.82, 2.24) is 5.32 Å². The van der Waals surface area contributed by atoms with Gasteiger partial charge in [-0.2, -0.15) is 0 Å². The highest BCUT2D eigenvalue weighted by Gasteiger charge is 2.14. The normalized spacial score (nSPS) is 12.2. The molecule has 1 amide bonds. The van der Waals surface area contributed by atoms with Gasteiger partial charge in [0.1, 0.15) is 5.82 Å². The lowest BCUT2D eigenvalue weighted by molar-refractivity contribution is 0.0942.